The summed E-state index contributed by atoms with van der Waals surface area (Å²) in [5, 5.41) is 0. The molecular weight excluding hydrogens is 170 g/mol. The Hall–Kier alpha value is -0.300. The average Bonchev–Trinajstić information content (AvgIpc) is 2.56. The molecule has 1 heteroatoms. The van der Waals surface area contributed by atoms with Crippen LogP contribution in [0.15, 0.2) is 12.2 Å². The van der Waals surface area contributed by atoms with Crippen molar-refractivity contribution in [1.82, 2.24) is 4.90 Å². The molecule has 0 N–H and O–H groups in total. The Morgan fingerprint density at radius 2 is 2.14 bits per heavy atom. The van der Waals surface area contributed by atoms with Crippen molar-refractivity contribution < 1.29 is 0 Å². The summed E-state index contributed by atoms with van der Waals surface area (Å²) in [4.78, 5) is 2.78. The summed E-state index contributed by atoms with van der Waals surface area (Å²) in [5.41, 5.74) is 2.35. The molecule has 0 amide bonds. The first kappa shape index (κ1) is 8.96. The van der Waals surface area contributed by atoms with Gasteiger partial charge in [0.25, 0.3) is 0 Å². The lowest BCUT2D eigenvalue weighted by atomic mass is 9.70. The Kier molecular flexibility index (Phi) is 1.45. The summed E-state index contributed by atoms with van der Waals surface area (Å²) in [5.74, 6) is 1.03. The van der Waals surface area contributed by atoms with Crippen LogP contribution in [-0.2, 0) is 0 Å². The van der Waals surface area contributed by atoms with Crippen LogP contribution in [0, 0.1) is 11.3 Å². The second kappa shape index (κ2) is 2.27. The van der Waals surface area contributed by atoms with Gasteiger partial charge in [0.2, 0.25) is 0 Å². The molecule has 1 aliphatic carbocycles. The quantitative estimate of drug-likeness (QED) is 0.532. The summed E-state index contributed by atoms with van der Waals surface area (Å²) in [6, 6.07) is 0.925. The summed E-state index contributed by atoms with van der Waals surface area (Å²) < 4.78 is 0. The highest BCUT2D eigenvalue weighted by atomic mass is 15.3. The van der Waals surface area contributed by atoms with E-state index in [1.165, 1.54) is 31.4 Å². The molecule has 0 bridgehead atoms. The zero-order chi connectivity index (χ0) is 10.1. The topological polar surface area (TPSA) is 3.24 Å². The molecule has 3 aliphatic rings. The number of hydrogen-bond acceptors (Lipinski definition) is 1. The third kappa shape index (κ3) is 0.894. The minimum Gasteiger partial charge on any atom is -0.290 e. The van der Waals surface area contributed by atoms with Gasteiger partial charge in [-0.1, -0.05) is 32.9 Å². The van der Waals surface area contributed by atoms with E-state index in [9.17, 15) is 0 Å². The highest BCUT2D eigenvalue weighted by molar-refractivity contribution is 5.27. The summed E-state index contributed by atoms with van der Waals surface area (Å²) >= 11 is 0. The molecule has 78 valence electrons. The molecule has 2 saturated heterocycles. The third-order valence-electron chi connectivity index (χ3n) is 4.77. The summed E-state index contributed by atoms with van der Waals surface area (Å²) in [6.07, 6.45) is 4.15. The lowest BCUT2D eigenvalue weighted by molar-refractivity contribution is 0.0426. The van der Waals surface area contributed by atoms with E-state index in [-0.39, 0.29) is 0 Å². The molecule has 0 aromatic carbocycles. The normalized spacial score (nSPS) is 46.6. The standard InChI is InChI=1S/C13H21N/c1-9-6-13(12(2,3)4)7-10-5-11(10)14(13)8-9/h10-11H,1,5-8H2,2-4H3/t10-,11-,13?/m0/s1. The molecule has 1 nitrogen and oxygen atoms in total. The van der Waals surface area contributed by atoms with Crippen LogP contribution in [-0.4, -0.2) is 23.0 Å². The van der Waals surface area contributed by atoms with Crippen molar-refractivity contribution in [2.24, 2.45) is 11.3 Å². The Morgan fingerprint density at radius 3 is 2.71 bits per heavy atom. The Balaban J connectivity index is 2.00. The zero-order valence-electron chi connectivity index (χ0n) is 9.64. The molecule has 2 heterocycles. The van der Waals surface area contributed by atoms with Crippen LogP contribution in [0.5, 0.6) is 0 Å². The molecule has 0 radical (unpaired) electrons. The van der Waals surface area contributed by atoms with Gasteiger partial charge in [-0.05, 0) is 30.6 Å². The van der Waals surface area contributed by atoms with Gasteiger partial charge in [-0.25, -0.2) is 0 Å². The molecular formula is C13H21N. The third-order valence-corrected chi connectivity index (χ3v) is 4.77. The predicted octanol–water partition coefficient (Wildman–Crippen LogP) is 2.83. The smallest absolute Gasteiger partial charge is 0.0304 e. The molecule has 0 spiro atoms. The van der Waals surface area contributed by atoms with Gasteiger partial charge in [0.1, 0.15) is 0 Å². The fraction of sp³-hybridized carbons (Fsp3) is 0.846. The first-order chi connectivity index (χ1) is 6.44. The number of nitrogens with zero attached hydrogens (tertiary/aromatic N) is 1. The highest BCUT2D eigenvalue weighted by Crippen LogP contribution is 2.62. The van der Waals surface area contributed by atoms with Crippen molar-refractivity contribution in [3.8, 4) is 0 Å². The largest absolute Gasteiger partial charge is 0.290 e. The first-order valence-corrected chi connectivity index (χ1v) is 5.87. The Bertz CT molecular complexity index is 299. The number of piperidine rings is 1. The van der Waals surface area contributed by atoms with Crippen LogP contribution in [0.4, 0.5) is 0 Å². The number of fused-ring (bicyclic) bond motifs is 3. The van der Waals surface area contributed by atoms with E-state index in [2.05, 4.69) is 32.3 Å². The van der Waals surface area contributed by atoms with Crippen LogP contribution in [0.1, 0.15) is 40.0 Å². The van der Waals surface area contributed by atoms with Crippen molar-refractivity contribution in [2.75, 3.05) is 6.54 Å². The van der Waals surface area contributed by atoms with Gasteiger partial charge in [0, 0.05) is 18.1 Å². The molecule has 3 fully saturated rings. The van der Waals surface area contributed by atoms with Gasteiger partial charge >= 0.3 is 0 Å². The van der Waals surface area contributed by atoms with Gasteiger partial charge in [-0.2, -0.15) is 0 Å². The van der Waals surface area contributed by atoms with E-state index in [0.717, 1.165) is 12.0 Å². The van der Waals surface area contributed by atoms with Crippen LogP contribution in [0.2, 0.25) is 0 Å². The molecule has 14 heavy (non-hydrogen) atoms. The lowest BCUT2D eigenvalue weighted by Gasteiger charge is -2.45. The molecule has 3 rings (SSSR count). The fourth-order valence-corrected chi connectivity index (χ4v) is 3.86. The van der Waals surface area contributed by atoms with Crippen LogP contribution < -0.4 is 0 Å². The molecule has 1 saturated carbocycles. The Labute approximate surface area is 87.2 Å². The highest BCUT2D eigenvalue weighted by Gasteiger charge is 2.65. The molecule has 1 unspecified atom stereocenters. The van der Waals surface area contributed by atoms with Gasteiger partial charge in [-0.3, -0.25) is 4.90 Å². The number of rotatable bonds is 0. The zero-order valence-corrected chi connectivity index (χ0v) is 9.64. The second-order valence-electron chi connectivity index (χ2n) is 6.60. The summed E-state index contributed by atoms with van der Waals surface area (Å²) in [7, 11) is 0. The van der Waals surface area contributed by atoms with Crippen LogP contribution in [0.25, 0.3) is 0 Å². The minimum absolute atomic E-state index is 0.417. The van der Waals surface area contributed by atoms with E-state index >= 15 is 0 Å². The maximum Gasteiger partial charge on any atom is 0.0304 e. The van der Waals surface area contributed by atoms with Crippen molar-refractivity contribution >= 4 is 0 Å². The average molecular weight is 191 g/mol. The number of hydrogen-bond donors (Lipinski definition) is 0. The first-order valence-electron chi connectivity index (χ1n) is 5.87. The van der Waals surface area contributed by atoms with Crippen LogP contribution in [0.3, 0.4) is 0 Å². The maximum absolute atomic E-state index is 4.21. The molecule has 0 aromatic rings. The monoisotopic (exact) mass is 191 g/mol. The fourth-order valence-electron chi connectivity index (χ4n) is 3.86. The van der Waals surface area contributed by atoms with E-state index < -0.39 is 0 Å². The van der Waals surface area contributed by atoms with E-state index in [1.54, 1.807) is 0 Å². The van der Waals surface area contributed by atoms with Crippen molar-refractivity contribution in [3.05, 3.63) is 12.2 Å². The predicted molar refractivity (Wildman–Crippen MR) is 59.2 cm³/mol. The van der Waals surface area contributed by atoms with E-state index in [4.69, 9.17) is 0 Å². The SMILES string of the molecule is C=C1CN2[C@H]3C[C@H]3CC2(C(C)(C)C)C1. The van der Waals surface area contributed by atoms with Crippen molar-refractivity contribution in [1.29, 1.82) is 0 Å². The van der Waals surface area contributed by atoms with E-state index in [1.807, 2.05) is 0 Å². The lowest BCUT2D eigenvalue weighted by Crippen LogP contribution is -2.51. The van der Waals surface area contributed by atoms with Crippen LogP contribution >= 0.6 is 0 Å². The molecule has 3 atom stereocenters. The van der Waals surface area contributed by atoms with Crippen molar-refractivity contribution in [2.45, 2.75) is 51.6 Å². The van der Waals surface area contributed by atoms with Crippen molar-refractivity contribution in [3.63, 3.8) is 0 Å². The van der Waals surface area contributed by atoms with E-state index in [0.29, 0.717) is 11.0 Å². The summed E-state index contributed by atoms with van der Waals surface area (Å²) in [6.45, 7) is 12.6. The van der Waals surface area contributed by atoms with Gasteiger partial charge in [0.15, 0.2) is 0 Å². The van der Waals surface area contributed by atoms with Gasteiger partial charge in [-0.15, -0.1) is 0 Å². The maximum atomic E-state index is 4.21. The second-order valence-corrected chi connectivity index (χ2v) is 6.60. The molecule has 2 aliphatic heterocycles. The molecule has 0 aromatic heterocycles. The Morgan fingerprint density at radius 1 is 1.43 bits per heavy atom. The minimum atomic E-state index is 0.417. The van der Waals surface area contributed by atoms with Gasteiger partial charge < -0.3 is 0 Å². The van der Waals surface area contributed by atoms with Gasteiger partial charge in [0.05, 0.1) is 0 Å².